The molecule has 1 aromatic carbocycles. The van der Waals surface area contributed by atoms with Crippen LogP contribution in [0.15, 0.2) is 30.6 Å². The first-order valence-corrected chi connectivity index (χ1v) is 8.83. The molecule has 1 aromatic heterocycles. The molecule has 1 aliphatic rings. The second-order valence-corrected chi connectivity index (χ2v) is 6.19. The molecule has 1 aliphatic heterocycles. The maximum Gasteiger partial charge on any atom is 0.409 e. The predicted molar refractivity (Wildman–Crippen MR) is 94.0 cm³/mol. The van der Waals surface area contributed by atoms with Gasteiger partial charge in [-0.1, -0.05) is 12.1 Å². The zero-order valence-electron chi connectivity index (χ0n) is 14.3. The van der Waals surface area contributed by atoms with Crippen LogP contribution in [0, 0.1) is 0 Å². The second kappa shape index (κ2) is 8.15. The number of hydrogen-bond donors (Lipinski definition) is 1. The Morgan fingerprint density at radius 1 is 1.33 bits per heavy atom. The second-order valence-electron chi connectivity index (χ2n) is 6.19. The number of aryl methyl sites for hydroxylation is 1. The lowest BCUT2D eigenvalue weighted by molar-refractivity contribution is 0.0951. The topological polar surface area (TPSA) is 59.4 Å². The number of nitrogens with one attached hydrogen (secondary N) is 1. The number of benzene rings is 1. The van der Waals surface area contributed by atoms with E-state index in [1.54, 1.807) is 4.90 Å². The lowest BCUT2D eigenvalue weighted by atomic mass is 10.1. The van der Waals surface area contributed by atoms with Gasteiger partial charge in [0, 0.05) is 25.7 Å². The smallest absolute Gasteiger partial charge is 0.409 e. The van der Waals surface area contributed by atoms with E-state index < -0.39 is 0 Å². The number of piperidine rings is 1. The van der Waals surface area contributed by atoms with Gasteiger partial charge in [0.25, 0.3) is 0 Å². The Morgan fingerprint density at radius 2 is 2.12 bits per heavy atom. The van der Waals surface area contributed by atoms with Gasteiger partial charge in [-0.15, -0.1) is 0 Å². The molecule has 0 aliphatic carbocycles. The highest BCUT2D eigenvalue weighted by Crippen LogP contribution is 2.13. The molecule has 1 amide bonds. The van der Waals surface area contributed by atoms with Crippen molar-refractivity contribution in [3.05, 3.63) is 30.6 Å². The minimum absolute atomic E-state index is 0.178. The van der Waals surface area contributed by atoms with Gasteiger partial charge in [-0.05, 0) is 44.9 Å². The summed E-state index contributed by atoms with van der Waals surface area (Å²) < 4.78 is 7.26. The monoisotopic (exact) mass is 330 g/mol. The van der Waals surface area contributed by atoms with Gasteiger partial charge < -0.3 is 19.5 Å². The normalized spacial score (nSPS) is 15.8. The molecule has 2 aromatic rings. The predicted octanol–water partition coefficient (Wildman–Crippen LogP) is 2.64. The number of amides is 1. The maximum absolute atomic E-state index is 11.7. The Bertz CT molecular complexity index is 662. The zero-order valence-corrected chi connectivity index (χ0v) is 14.3. The summed E-state index contributed by atoms with van der Waals surface area (Å²) in [5, 5.41) is 3.61. The molecule has 1 N–H and O–H groups in total. The van der Waals surface area contributed by atoms with Gasteiger partial charge in [0.1, 0.15) is 0 Å². The number of rotatable bonds is 6. The van der Waals surface area contributed by atoms with E-state index in [2.05, 4.69) is 27.0 Å². The molecule has 2 heterocycles. The van der Waals surface area contributed by atoms with E-state index in [9.17, 15) is 4.79 Å². The van der Waals surface area contributed by atoms with E-state index in [1.807, 2.05) is 25.4 Å². The fourth-order valence-corrected chi connectivity index (χ4v) is 3.23. The standard InChI is InChI=1S/C18H26N4O2/c1-2-24-18(23)21-12-8-15(9-13-21)19-10-5-11-22-14-20-16-6-3-4-7-17(16)22/h3-4,6-7,14-15,19H,2,5,8-13H2,1H3. The molecule has 24 heavy (non-hydrogen) atoms. The highest BCUT2D eigenvalue weighted by atomic mass is 16.6. The highest BCUT2D eigenvalue weighted by molar-refractivity contribution is 5.74. The molecular weight excluding hydrogens is 304 g/mol. The molecule has 6 nitrogen and oxygen atoms in total. The third-order valence-corrected chi connectivity index (χ3v) is 4.56. The molecule has 3 rings (SSSR count). The molecule has 1 saturated heterocycles. The Kier molecular flexibility index (Phi) is 5.69. The average Bonchev–Trinajstić information content (AvgIpc) is 3.03. The van der Waals surface area contributed by atoms with Crippen LogP contribution < -0.4 is 5.32 Å². The summed E-state index contributed by atoms with van der Waals surface area (Å²) in [6.45, 7) is 5.80. The number of carbonyl (C=O) groups excluding carboxylic acids is 1. The Labute approximate surface area is 142 Å². The lowest BCUT2D eigenvalue weighted by Gasteiger charge is -2.31. The first-order chi connectivity index (χ1) is 11.8. The van der Waals surface area contributed by atoms with Crippen LogP contribution >= 0.6 is 0 Å². The number of para-hydroxylation sites is 2. The van der Waals surface area contributed by atoms with E-state index in [0.717, 1.165) is 51.0 Å². The number of nitrogens with zero attached hydrogens (tertiary/aromatic N) is 3. The van der Waals surface area contributed by atoms with Crippen LogP contribution in [0.3, 0.4) is 0 Å². The number of fused-ring (bicyclic) bond motifs is 1. The lowest BCUT2D eigenvalue weighted by Crippen LogP contribution is -2.45. The van der Waals surface area contributed by atoms with Gasteiger partial charge >= 0.3 is 6.09 Å². The van der Waals surface area contributed by atoms with Crippen LogP contribution in [0.2, 0.25) is 0 Å². The highest BCUT2D eigenvalue weighted by Gasteiger charge is 2.22. The molecular formula is C18H26N4O2. The zero-order chi connectivity index (χ0) is 16.8. The van der Waals surface area contributed by atoms with Crippen LogP contribution in [0.25, 0.3) is 11.0 Å². The summed E-state index contributed by atoms with van der Waals surface area (Å²) in [6, 6.07) is 8.72. The van der Waals surface area contributed by atoms with Crippen molar-refractivity contribution < 1.29 is 9.53 Å². The fourth-order valence-electron chi connectivity index (χ4n) is 3.23. The summed E-state index contributed by atoms with van der Waals surface area (Å²) in [6.07, 6.45) is 4.79. The molecule has 0 radical (unpaired) electrons. The number of imidazole rings is 1. The largest absolute Gasteiger partial charge is 0.450 e. The molecule has 0 unspecified atom stereocenters. The number of ether oxygens (including phenoxy) is 1. The molecule has 0 saturated carbocycles. The van der Waals surface area contributed by atoms with Crippen LogP contribution in [0.1, 0.15) is 26.2 Å². The number of likely N-dealkylation sites (tertiary alicyclic amines) is 1. The molecule has 0 atom stereocenters. The number of hydrogen-bond acceptors (Lipinski definition) is 4. The Balaban J connectivity index is 1.36. The van der Waals surface area contributed by atoms with Gasteiger partial charge in [0.15, 0.2) is 0 Å². The number of carbonyl (C=O) groups is 1. The van der Waals surface area contributed by atoms with Crippen molar-refractivity contribution >= 4 is 17.1 Å². The van der Waals surface area contributed by atoms with Crippen LogP contribution in [-0.2, 0) is 11.3 Å². The quantitative estimate of drug-likeness (QED) is 0.827. The third kappa shape index (κ3) is 4.06. The third-order valence-electron chi connectivity index (χ3n) is 4.56. The van der Waals surface area contributed by atoms with Crippen LogP contribution in [0.5, 0.6) is 0 Å². The Hall–Kier alpha value is -2.08. The van der Waals surface area contributed by atoms with Gasteiger partial charge in [-0.2, -0.15) is 0 Å². The van der Waals surface area contributed by atoms with Crippen LogP contribution in [-0.4, -0.2) is 52.8 Å². The van der Waals surface area contributed by atoms with Crippen molar-refractivity contribution in [3.63, 3.8) is 0 Å². The van der Waals surface area contributed by atoms with E-state index >= 15 is 0 Å². The molecule has 6 heteroatoms. The summed E-state index contributed by atoms with van der Waals surface area (Å²) in [7, 11) is 0. The van der Waals surface area contributed by atoms with Crippen molar-refractivity contribution in [2.24, 2.45) is 0 Å². The summed E-state index contributed by atoms with van der Waals surface area (Å²) in [5.74, 6) is 0. The molecule has 1 fully saturated rings. The molecule has 0 spiro atoms. The van der Waals surface area contributed by atoms with Gasteiger partial charge in [-0.25, -0.2) is 9.78 Å². The van der Waals surface area contributed by atoms with E-state index in [-0.39, 0.29) is 6.09 Å². The van der Waals surface area contributed by atoms with Gasteiger partial charge in [0.05, 0.1) is 24.0 Å². The summed E-state index contributed by atoms with van der Waals surface area (Å²) in [4.78, 5) is 17.9. The van der Waals surface area contributed by atoms with Gasteiger partial charge in [0.2, 0.25) is 0 Å². The minimum atomic E-state index is -0.178. The summed E-state index contributed by atoms with van der Waals surface area (Å²) in [5.41, 5.74) is 2.25. The number of aromatic nitrogens is 2. The van der Waals surface area contributed by atoms with Crippen LogP contribution in [0.4, 0.5) is 4.79 Å². The SMILES string of the molecule is CCOC(=O)N1CCC(NCCCn2cnc3ccccc32)CC1. The first kappa shape index (κ1) is 16.8. The molecule has 130 valence electrons. The van der Waals surface area contributed by atoms with Crippen molar-refractivity contribution in [2.75, 3.05) is 26.2 Å². The summed E-state index contributed by atoms with van der Waals surface area (Å²) >= 11 is 0. The Morgan fingerprint density at radius 3 is 2.92 bits per heavy atom. The maximum atomic E-state index is 11.7. The van der Waals surface area contributed by atoms with Crippen molar-refractivity contribution in [3.8, 4) is 0 Å². The molecule has 0 bridgehead atoms. The van der Waals surface area contributed by atoms with Gasteiger partial charge in [-0.3, -0.25) is 0 Å². The van der Waals surface area contributed by atoms with Crippen molar-refractivity contribution in [2.45, 2.75) is 38.8 Å². The van der Waals surface area contributed by atoms with Crippen molar-refractivity contribution in [1.29, 1.82) is 0 Å². The van der Waals surface area contributed by atoms with E-state index in [4.69, 9.17) is 4.74 Å². The average molecular weight is 330 g/mol. The van der Waals surface area contributed by atoms with Crippen molar-refractivity contribution in [1.82, 2.24) is 19.8 Å². The first-order valence-electron chi connectivity index (χ1n) is 8.83. The van der Waals surface area contributed by atoms with E-state index in [0.29, 0.717) is 12.6 Å². The fraction of sp³-hybridized carbons (Fsp3) is 0.556. The minimum Gasteiger partial charge on any atom is -0.450 e. The van der Waals surface area contributed by atoms with E-state index in [1.165, 1.54) is 5.52 Å².